The summed E-state index contributed by atoms with van der Waals surface area (Å²) in [6, 6.07) is 18.3. The summed E-state index contributed by atoms with van der Waals surface area (Å²) in [5.74, 6) is 1.01. The highest BCUT2D eigenvalue weighted by molar-refractivity contribution is 7.92. The minimum absolute atomic E-state index is 0.0771. The Morgan fingerprint density at radius 2 is 1.53 bits per heavy atom. The zero-order valence-electron chi connectivity index (χ0n) is 21.1. The van der Waals surface area contributed by atoms with E-state index < -0.39 is 22.5 Å². The molecule has 192 valence electrons. The first-order chi connectivity index (χ1) is 17.2. The van der Waals surface area contributed by atoms with Crippen LogP contribution in [0.5, 0.6) is 17.2 Å². The van der Waals surface area contributed by atoms with E-state index in [1.807, 2.05) is 26.0 Å². The number of rotatable bonds is 11. The fourth-order valence-electron chi connectivity index (χ4n) is 3.88. The molecule has 0 saturated carbocycles. The maximum atomic E-state index is 13.7. The molecule has 3 aromatic carbocycles. The largest absolute Gasteiger partial charge is 0.495 e. The fourth-order valence-corrected chi connectivity index (χ4v) is 5.32. The number of carbonyl (C=O) groups excluding carboxylic acids is 1. The first-order valence-electron chi connectivity index (χ1n) is 11.5. The van der Waals surface area contributed by atoms with E-state index in [1.54, 1.807) is 56.7 Å². The maximum Gasteiger partial charge on any atom is 0.264 e. The van der Waals surface area contributed by atoms with Crippen LogP contribution in [0.25, 0.3) is 0 Å². The lowest BCUT2D eigenvalue weighted by atomic mass is 10.0. The molecule has 0 fully saturated rings. The molecule has 1 amide bonds. The minimum atomic E-state index is -4.07. The fraction of sp³-hybridized carbons (Fsp3) is 0.296. The van der Waals surface area contributed by atoms with Crippen molar-refractivity contribution in [2.75, 3.05) is 32.2 Å². The zero-order valence-corrected chi connectivity index (χ0v) is 22.0. The van der Waals surface area contributed by atoms with Crippen molar-refractivity contribution >= 4 is 21.6 Å². The van der Waals surface area contributed by atoms with Gasteiger partial charge in [0.1, 0.15) is 12.3 Å². The number of anilines is 1. The van der Waals surface area contributed by atoms with E-state index in [2.05, 4.69) is 5.32 Å². The number of benzene rings is 3. The van der Waals surface area contributed by atoms with Crippen LogP contribution in [0, 0.1) is 6.92 Å². The normalized spacial score (nSPS) is 11.9. The Labute approximate surface area is 212 Å². The van der Waals surface area contributed by atoms with Gasteiger partial charge in [0.25, 0.3) is 10.0 Å². The minimum Gasteiger partial charge on any atom is -0.495 e. The van der Waals surface area contributed by atoms with Gasteiger partial charge in [-0.25, -0.2) is 8.42 Å². The number of hydrogen-bond donors (Lipinski definition) is 1. The number of carbonyl (C=O) groups is 1. The summed E-state index contributed by atoms with van der Waals surface area (Å²) >= 11 is 0. The Balaban J connectivity index is 1.97. The lowest BCUT2D eigenvalue weighted by molar-refractivity contribution is -0.120. The van der Waals surface area contributed by atoms with E-state index in [9.17, 15) is 13.2 Å². The van der Waals surface area contributed by atoms with Crippen molar-refractivity contribution in [2.45, 2.75) is 31.2 Å². The van der Waals surface area contributed by atoms with Crippen LogP contribution in [-0.2, 0) is 14.8 Å². The molecule has 0 aliphatic carbocycles. The number of hydrogen-bond acceptors (Lipinski definition) is 6. The Hall–Kier alpha value is -3.72. The number of sulfonamides is 1. The molecule has 3 rings (SSSR count). The highest BCUT2D eigenvalue weighted by Gasteiger charge is 2.30. The summed E-state index contributed by atoms with van der Waals surface area (Å²) in [6.45, 7) is 3.35. The van der Waals surface area contributed by atoms with E-state index in [-0.39, 0.29) is 16.6 Å². The van der Waals surface area contributed by atoms with Gasteiger partial charge in [-0.3, -0.25) is 9.10 Å². The third kappa shape index (κ3) is 5.91. The SMILES string of the molecule is CCC(NC(=O)CN(c1cc(C)ccc1OC)S(=O)(=O)c1ccccc1)c1ccc(OC)c(OC)c1. The van der Waals surface area contributed by atoms with E-state index >= 15 is 0 Å². The van der Waals surface area contributed by atoms with Crippen molar-refractivity contribution in [1.82, 2.24) is 5.32 Å². The number of ether oxygens (including phenoxy) is 3. The van der Waals surface area contributed by atoms with Crippen molar-refractivity contribution in [3.05, 3.63) is 77.9 Å². The standard InChI is InChI=1S/C27H32N2O6S/c1-6-22(20-13-15-25(34-4)26(17-20)35-5)28-27(30)18-29(23-16-19(2)12-14-24(23)33-3)36(31,32)21-10-8-7-9-11-21/h7-17,22H,6,18H2,1-5H3,(H,28,30). The molecule has 0 aliphatic heterocycles. The molecule has 3 aromatic rings. The molecule has 0 aliphatic rings. The summed E-state index contributed by atoms with van der Waals surface area (Å²) in [5.41, 5.74) is 1.93. The van der Waals surface area contributed by atoms with Crippen LogP contribution >= 0.6 is 0 Å². The van der Waals surface area contributed by atoms with Crippen LogP contribution in [-0.4, -0.2) is 42.2 Å². The average Bonchev–Trinajstić information content (AvgIpc) is 2.90. The highest BCUT2D eigenvalue weighted by atomic mass is 32.2. The van der Waals surface area contributed by atoms with Crippen LogP contribution in [0.2, 0.25) is 0 Å². The Morgan fingerprint density at radius 1 is 0.889 bits per heavy atom. The van der Waals surface area contributed by atoms with E-state index in [0.717, 1.165) is 15.4 Å². The third-order valence-corrected chi connectivity index (χ3v) is 7.55. The lowest BCUT2D eigenvalue weighted by Gasteiger charge is -2.27. The van der Waals surface area contributed by atoms with Crippen molar-refractivity contribution in [2.24, 2.45) is 0 Å². The van der Waals surface area contributed by atoms with Gasteiger partial charge in [-0.1, -0.05) is 37.3 Å². The number of nitrogens with zero attached hydrogens (tertiary/aromatic N) is 1. The predicted molar refractivity (Wildman–Crippen MR) is 139 cm³/mol. The Morgan fingerprint density at radius 3 is 2.14 bits per heavy atom. The number of aryl methyl sites for hydroxylation is 1. The molecule has 0 bridgehead atoms. The topological polar surface area (TPSA) is 94.2 Å². The van der Waals surface area contributed by atoms with Crippen molar-refractivity contribution < 1.29 is 27.4 Å². The first kappa shape index (κ1) is 26.9. The summed E-state index contributed by atoms with van der Waals surface area (Å²) in [4.78, 5) is 13.4. The van der Waals surface area contributed by atoms with Gasteiger partial charge in [-0.2, -0.15) is 0 Å². The molecule has 1 N–H and O–H groups in total. The lowest BCUT2D eigenvalue weighted by Crippen LogP contribution is -2.42. The molecule has 1 unspecified atom stereocenters. The van der Waals surface area contributed by atoms with Gasteiger partial charge in [0, 0.05) is 0 Å². The van der Waals surface area contributed by atoms with Crippen LogP contribution in [0.4, 0.5) is 5.69 Å². The highest BCUT2D eigenvalue weighted by Crippen LogP contribution is 2.34. The molecule has 0 saturated heterocycles. The molecular weight excluding hydrogens is 480 g/mol. The molecule has 0 aromatic heterocycles. The average molecular weight is 513 g/mol. The number of amides is 1. The monoisotopic (exact) mass is 512 g/mol. The van der Waals surface area contributed by atoms with Gasteiger partial charge < -0.3 is 19.5 Å². The zero-order chi connectivity index (χ0) is 26.3. The van der Waals surface area contributed by atoms with Gasteiger partial charge in [0.15, 0.2) is 11.5 Å². The third-order valence-electron chi connectivity index (χ3n) is 5.77. The summed E-state index contributed by atoms with van der Waals surface area (Å²) < 4.78 is 44.6. The van der Waals surface area contributed by atoms with E-state index in [1.165, 1.54) is 19.2 Å². The van der Waals surface area contributed by atoms with Gasteiger partial charge in [-0.05, 0) is 60.9 Å². The summed E-state index contributed by atoms with van der Waals surface area (Å²) in [6.07, 6.45) is 0.584. The quantitative estimate of drug-likeness (QED) is 0.407. The van der Waals surface area contributed by atoms with Crippen LogP contribution < -0.4 is 23.8 Å². The first-order valence-corrected chi connectivity index (χ1v) is 12.9. The van der Waals surface area contributed by atoms with Crippen LogP contribution in [0.15, 0.2) is 71.6 Å². The molecule has 9 heteroatoms. The van der Waals surface area contributed by atoms with Crippen molar-refractivity contribution in [3.63, 3.8) is 0 Å². The predicted octanol–water partition coefficient (Wildman–Crippen LogP) is 4.48. The van der Waals surface area contributed by atoms with E-state index in [4.69, 9.17) is 14.2 Å². The second-order valence-electron chi connectivity index (χ2n) is 8.14. The second-order valence-corrected chi connectivity index (χ2v) is 10.0. The molecule has 0 heterocycles. The van der Waals surface area contributed by atoms with Crippen LogP contribution in [0.1, 0.15) is 30.5 Å². The molecule has 36 heavy (non-hydrogen) atoms. The van der Waals surface area contributed by atoms with Crippen LogP contribution in [0.3, 0.4) is 0 Å². The van der Waals surface area contributed by atoms with Gasteiger partial charge in [0.2, 0.25) is 5.91 Å². The molecular formula is C27H32N2O6S. The molecule has 8 nitrogen and oxygen atoms in total. The number of methoxy groups -OCH3 is 3. The molecule has 0 spiro atoms. The smallest absolute Gasteiger partial charge is 0.264 e. The van der Waals surface area contributed by atoms with Crippen molar-refractivity contribution in [3.8, 4) is 17.2 Å². The molecule has 1 atom stereocenters. The molecule has 0 radical (unpaired) electrons. The number of nitrogens with one attached hydrogen (secondary N) is 1. The summed E-state index contributed by atoms with van der Waals surface area (Å²) in [5, 5.41) is 2.97. The van der Waals surface area contributed by atoms with Crippen molar-refractivity contribution in [1.29, 1.82) is 0 Å². The summed E-state index contributed by atoms with van der Waals surface area (Å²) in [7, 11) is 0.492. The Bertz CT molecular complexity index is 1290. The van der Waals surface area contributed by atoms with Gasteiger partial charge in [-0.15, -0.1) is 0 Å². The second kappa shape index (κ2) is 11.8. The van der Waals surface area contributed by atoms with Gasteiger partial charge in [0.05, 0.1) is 38.0 Å². The Kier molecular flexibility index (Phi) is 8.82. The van der Waals surface area contributed by atoms with Gasteiger partial charge >= 0.3 is 0 Å². The van der Waals surface area contributed by atoms with E-state index in [0.29, 0.717) is 23.7 Å². The maximum absolute atomic E-state index is 13.7.